The van der Waals surface area contributed by atoms with Gasteiger partial charge in [-0.15, -0.1) is 0 Å². The van der Waals surface area contributed by atoms with Crippen molar-refractivity contribution in [3.05, 3.63) is 42.9 Å². The van der Waals surface area contributed by atoms with Gasteiger partial charge in [-0.1, -0.05) is 0 Å². The van der Waals surface area contributed by atoms with Crippen LogP contribution in [0.3, 0.4) is 0 Å². The fourth-order valence-corrected chi connectivity index (χ4v) is 4.82. The molecule has 0 atom stereocenters. The number of rotatable bonds is 4. The van der Waals surface area contributed by atoms with Crippen LogP contribution in [0.2, 0.25) is 0 Å². The summed E-state index contributed by atoms with van der Waals surface area (Å²) in [6.07, 6.45) is 3.06. The second kappa shape index (κ2) is 4.43. The molecule has 0 radical (unpaired) electrons. The zero-order valence-corrected chi connectivity index (χ0v) is 12.0. The first-order valence-electron chi connectivity index (χ1n) is 5.66. The van der Waals surface area contributed by atoms with Crippen LogP contribution >= 0.6 is 7.59 Å². The van der Waals surface area contributed by atoms with Crippen LogP contribution < -0.4 is 4.52 Å². The third kappa shape index (κ3) is 1.75. The van der Waals surface area contributed by atoms with Crippen LogP contribution in [0.25, 0.3) is 0 Å². The molecule has 0 amide bonds. The summed E-state index contributed by atoms with van der Waals surface area (Å²) >= 11 is 0. The van der Waals surface area contributed by atoms with E-state index in [0.29, 0.717) is 5.75 Å². The molecule has 0 fully saturated rings. The molecular formula is C12H19N2O3P. The fraction of sp³-hybridized carbons (Fsp3) is 0.333. The van der Waals surface area contributed by atoms with Crippen molar-refractivity contribution in [2.24, 2.45) is 0 Å². The molecule has 0 spiro atoms. The number of para-hydroxylation sites is 1. The second-order valence-corrected chi connectivity index (χ2v) is 8.19. The van der Waals surface area contributed by atoms with Crippen molar-refractivity contribution >= 4 is 7.59 Å². The fourth-order valence-electron chi connectivity index (χ4n) is 1.89. The van der Waals surface area contributed by atoms with Gasteiger partial charge in [-0.25, -0.2) is 0 Å². The molecule has 100 valence electrons. The number of hydrogen-bond acceptors (Lipinski definition) is 5. The summed E-state index contributed by atoms with van der Waals surface area (Å²) in [6, 6.07) is 9.53. The molecular weight excluding hydrogens is 251 g/mol. The molecule has 0 unspecified atom stereocenters. The monoisotopic (exact) mass is 270 g/mol. The number of hydrogen-bond donors (Lipinski definition) is 0. The first kappa shape index (κ1) is 13.1. The molecule has 0 aromatic heterocycles. The van der Waals surface area contributed by atoms with Gasteiger partial charge in [0, 0.05) is 0 Å². The maximum atomic E-state index is 6.15. The van der Waals surface area contributed by atoms with E-state index in [9.17, 15) is 0 Å². The predicted molar refractivity (Wildman–Crippen MR) is 72.7 cm³/mol. The van der Waals surface area contributed by atoms with E-state index >= 15 is 0 Å². The van der Waals surface area contributed by atoms with E-state index in [0.717, 1.165) is 0 Å². The van der Waals surface area contributed by atoms with Crippen LogP contribution in [0.5, 0.6) is 5.75 Å². The molecule has 5 nitrogen and oxygen atoms in total. The summed E-state index contributed by atoms with van der Waals surface area (Å²) in [7, 11) is 4.02. The minimum absolute atomic E-state index is 0.710. The number of benzene rings is 1. The zero-order valence-electron chi connectivity index (χ0n) is 11.1. The second-order valence-electron chi connectivity index (χ2n) is 4.38. The average molecular weight is 270 g/mol. The van der Waals surface area contributed by atoms with Crippen LogP contribution in [-0.4, -0.2) is 37.5 Å². The van der Waals surface area contributed by atoms with Gasteiger partial charge in [0.15, 0.2) is 0 Å². The molecule has 0 saturated carbocycles. The van der Waals surface area contributed by atoms with Crippen molar-refractivity contribution in [2.75, 3.05) is 28.2 Å². The third-order valence-corrected chi connectivity index (χ3v) is 7.04. The molecule has 0 saturated heterocycles. The van der Waals surface area contributed by atoms with Gasteiger partial charge in [0.25, 0.3) is 0 Å². The Kier molecular flexibility index (Phi) is 3.23. The predicted octanol–water partition coefficient (Wildman–Crippen LogP) is 2.83. The van der Waals surface area contributed by atoms with E-state index < -0.39 is 7.59 Å². The van der Waals surface area contributed by atoms with Crippen LogP contribution in [0.4, 0.5) is 0 Å². The van der Waals surface area contributed by atoms with Crippen molar-refractivity contribution in [1.82, 2.24) is 9.34 Å². The average Bonchev–Trinajstić information content (AvgIpc) is 2.78. The summed E-state index contributed by atoms with van der Waals surface area (Å²) in [5.74, 6) is 0.710. The molecule has 1 aromatic carbocycles. The Morgan fingerprint density at radius 3 is 1.83 bits per heavy atom. The van der Waals surface area contributed by atoms with E-state index in [1.54, 1.807) is 0 Å². The SMILES string of the molecule is CN(C)P1(Oc2ccccc2)(N(C)C)OC=CO1. The Hall–Kier alpha value is -1.29. The van der Waals surface area contributed by atoms with Crippen LogP contribution in [-0.2, 0) is 9.05 Å². The summed E-state index contributed by atoms with van der Waals surface area (Å²) < 4.78 is 21.5. The molecule has 1 aliphatic rings. The molecule has 2 rings (SSSR count). The van der Waals surface area contributed by atoms with E-state index in [-0.39, 0.29) is 0 Å². The molecule has 0 N–H and O–H groups in total. The first-order chi connectivity index (χ1) is 8.50. The van der Waals surface area contributed by atoms with Gasteiger partial charge in [0.2, 0.25) is 0 Å². The van der Waals surface area contributed by atoms with Gasteiger partial charge in [-0.05, 0) is 0 Å². The summed E-state index contributed by atoms with van der Waals surface area (Å²) in [5, 5.41) is 0. The molecule has 0 aliphatic carbocycles. The number of nitrogens with zero attached hydrogens (tertiary/aromatic N) is 2. The van der Waals surface area contributed by atoms with Gasteiger partial charge in [-0.2, -0.15) is 0 Å². The van der Waals surface area contributed by atoms with Gasteiger partial charge >= 0.3 is 107 Å². The minimum atomic E-state index is -3.51. The van der Waals surface area contributed by atoms with Crippen molar-refractivity contribution in [3.8, 4) is 5.75 Å². The van der Waals surface area contributed by atoms with Gasteiger partial charge in [-0.3, -0.25) is 0 Å². The Morgan fingerprint density at radius 2 is 1.39 bits per heavy atom. The quantitative estimate of drug-likeness (QED) is 0.786. The van der Waals surface area contributed by atoms with Gasteiger partial charge in [0.1, 0.15) is 0 Å². The zero-order chi connectivity index (χ0) is 13.3. The Bertz CT molecular complexity index is 428. The third-order valence-electron chi connectivity index (χ3n) is 2.88. The molecule has 1 aliphatic heterocycles. The van der Waals surface area contributed by atoms with E-state index in [2.05, 4.69) is 0 Å². The van der Waals surface area contributed by atoms with Gasteiger partial charge < -0.3 is 0 Å². The van der Waals surface area contributed by atoms with Crippen LogP contribution in [0.1, 0.15) is 0 Å². The summed E-state index contributed by atoms with van der Waals surface area (Å²) in [4.78, 5) is 0. The van der Waals surface area contributed by atoms with E-state index in [4.69, 9.17) is 13.6 Å². The van der Waals surface area contributed by atoms with Crippen molar-refractivity contribution in [3.63, 3.8) is 0 Å². The van der Waals surface area contributed by atoms with Crippen LogP contribution in [0, 0.1) is 0 Å². The summed E-state index contributed by atoms with van der Waals surface area (Å²) in [5.41, 5.74) is 0. The van der Waals surface area contributed by atoms with Gasteiger partial charge in [0.05, 0.1) is 0 Å². The molecule has 1 aromatic rings. The first-order valence-corrected chi connectivity index (χ1v) is 7.55. The Balaban J connectivity index is 2.43. The molecule has 6 heteroatoms. The Labute approximate surface area is 108 Å². The topological polar surface area (TPSA) is 34.2 Å². The molecule has 18 heavy (non-hydrogen) atoms. The van der Waals surface area contributed by atoms with Crippen molar-refractivity contribution in [2.45, 2.75) is 0 Å². The Morgan fingerprint density at radius 1 is 0.889 bits per heavy atom. The molecule has 1 heterocycles. The maximum absolute atomic E-state index is 6.15. The van der Waals surface area contributed by atoms with Crippen LogP contribution in [0.15, 0.2) is 42.9 Å². The normalized spacial score (nSPS) is 22.0. The van der Waals surface area contributed by atoms with E-state index in [1.165, 1.54) is 12.5 Å². The molecule has 0 bridgehead atoms. The van der Waals surface area contributed by atoms with Crippen molar-refractivity contribution in [1.29, 1.82) is 0 Å². The van der Waals surface area contributed by atoms with E-state index in [1.807, 2.05) is 67.9 Å². The van der Waals surface area contributed by atoms with Crippen molar-refractivity contribution < 1.29 is 13.6 Å². The summed E-state index contributed by atoms with van der Waals surface area (Å²) in [6.45, 7) is 0. The standard InChI is InChI=1S/C12H19N2O3P/c1-13(2)18(14(3)4,15-10-11-16-18)17-12-8-6-5-7-9-12/h5-11H,1-4H3.